The number of carbonyl (C=O) groups is 3. The summed E-state index contributed by atoms with van der Waals surface area (Å²) in [5.74, 6) is -1.19. The van der Waals surface area contributed by atoms with Gasteiger partial charge in [0.25, 0.3) is 5.91 Å². The van der Waals surface area contributed by atoms with Crippen molar-refractivity contribution in [1.82, 2.24) is 4.90 Å². The zero-order chi connectivity index (χ0) is 20.5. The second kappa shape index (κ2) is 10.8. The van der Waals surface area contributed by atoms with Crippen LogP contribution in [0.25, 0.3) is 0 Å². The molecule has 2 amide bonds. The van der Waals surface area contributed by atoms with Gasteiger partial charge in [0.05, 0.1) is 6.54 Å². The predicted molar refractivity (Wildman–Crippen MR) is 111 cm³/mol. The Morgan fingerprint density at radius 3 is 2.71 bits per heavy atom. The van der Waals surface area contributed by atoms with E-state index in [2.05, 4.69) is 5.32 Å². The van der Waals surface area contributed by atoms with Crippen LogP contribution in [0.5, 0.6) is 0 Å². The third-order valence-corrected chi connectivity index (χ3v) is 5.06. The Hall–Kier alpha value is -2.38. The van der Waals surface area contributed by atoms with E-state index in [0.29, 0.717) is 23.7 Å². The molecule has 2 rings (SSSR count). The maximum atomic E-state index is 12.3. The summed E-state index contributed by atoms with van der Waals surface area (Å²) in [6.45, 7) is 3.43. The van der Waals surface area contributed by atoms with Crippen LogP contribution in [0.2, 0.25) is 5.02 Å². The minimum absolute atomic E-state index is 0.131. The monoisotopic (exact) mass is 422 g/mol. The van der Waals surface area contributed by atoms with Gasteiger partial charge >= 0.3 is 5.97 Å². The van der Waals surface area contributed by atoms with Gasteiger partial charge in [0.15, 0.2) is 6.61 Å². The quantitative estimate of drug-likeness (QED) is 0.625. The summed E-state index contributed by atoms with van der Waals surface area (Å²) in [6.07, 6.45) is 0.792. The molecule has 1 N–H and O–H groups in total. The first-order chi connectivity index (χ1) is 13.4. The summed E-state index contributed by atoms with van der Waals surface area (Å²) in [7, 11) is 0. The molecule has 0 aliphatic heterocycles. The van der Waals surface area contributed by atoms with Gasteiger partial charge in [0.1, 0.15) is 0 Å². The van der Waals surface area contributed by atoms with Crippen LogP contribution < -0.4 is 5.32 Å². The molecule has 1 aromatic carbocycles. The summed E-state index contributed by atoms with van der Waals surface area (Å²) in [5.41, 5.74) is 2.53. The summed E-state index contributed by atoms with van der Waals surface area (Å²) in [6, 6.07) is 7.14. The van der Waals surface area contributed by atoms with Gasteiger partial charge in [0, 0.05) is 23.7 Å². The van der Waals surface area contributed by atoms with Gasteiger partial charge in [-0.1, -0.05) is 17.7 Å². The first-order valence-corrected chi connectivity index (χ1v) is 10.2. The molecule has 0 fully saturated rings. The van der Waals surface area contributed by atoms with Gasteiger partial charge in [-0.3, -0.25) is 14.4 Å². The number of hydrogen-bond acceptors (Lipinski definition) is 5. The largest absolute Gasteiger partial charge is 0.456 e. The highest BCUT2D eigenvalue weighted by atomic mass is 35.5. The number of ether oxygens (including phenoxy) is 1. The van der Waals surface area contributed by atoms with Gasteiger partial charge in [-0.05, 0) is 60.4 Å². The Kier molecular flexibility index (Phi) is 8.47. The van der Waals surface area contributed by atoms with Crippen LogP contribution in [-0.2, 0) is 25.5 Å². The smallest absolute Gasteiger partial charge is 0.306 e. The van der Waals surface area contributed by atoms with Crippen LogP contribution in [0.4, 0.5) is 5.69 Å². The summed E-state index contributed by atoms with van der Waals surface area (Å²) in [5, 5.41) is 7.17. The number of benzene rings is 1. The lowest BCUT2D eigenvalue weighted by atomic mass is 10.2. The number of hydrogen-bond donors (Lipinski definition) is 1. The van der Waals surface area contributed by atoms with Crippen LogP contribution in [0.1, 0.15) is 24.5 Å². The van der Waals surface area contributed by atoms with Crippen LogP contribution in [0, 0.1) is 6.92 Å². The van der Waals surface area contributed by atoms with Gasteiger partial charge in [-0.2, -0.15) is 11.3 Å². The number of esters is 1. The molecule has 1 heterocycles. The molecule has 0 aliphatic carbocycles. The summed E-state index contributed by atoms with van der Waals surface area (Å²) < 4.78 is 5.04. The second-order valence-corrected chi connectivity index (χ2v) is 7.42. The molecule has 0 aliphatic rings. The molecular formula is C20H23ClN2O4S. The maximum Gasteiger partial charge on any atom is 0.306 e. The molecule has 0 saturated carbocycles. The number of likely N-dealkylation sites (N-methyl/N-ethyl adjacent to an activating group) is 1. The number of carbonyl (C=O) groups excluding carboxylic acids is 3. The van der Waals surface area contributed by atoms with Gasteiger partial charge in [0.2, 0.25) is 5.91 Å². The summed E-state index contributed by atoms with van der Waals surface area (Å²) in [4.78, 5) is 37.7. The molecule has 0 radical (unpaired) electrons. The fourth-order valence-corrected chi connectivity index (χ4v) is 3.33. The summed E-state index contributed by atoms with van der Waals surface area (Å²) >= 11 is 7.52. The average molecular weight is 423 g/mol. The van der Waals surface area contributed by atoms with E-state index in [4.69, 9.17) is 16.3 Å². The SMILES string of the molecule is CCN(CC(=O)Nc1cc(Cl)ccc1C)C(=O)COC(=O)CCc1ccsc1. The third-order valence-electron chi connectivity index (χ3n) is 4.10. The zero-order valence-electron chi connectivity index (χ0n) is 15.9. The van der Waals surface area contributed by atoms with E-state index in [9.17, 15) is 14.4 Å². The van der Waals surface area contributed by atoms with Crippen molar-refractivity contribution in [3.63, 3.8) is 0 Å². The predicted octanol–water partition coefficient (Wildman–Crippen LogP) is 3.67. The molecule has 0 bridgehead atoms. The van der Waals surface area contributed by atoms with E-state index >= 15 is 0 Å². The number of amides is 2. The van der Waals surface area contributed by atoms with Crippen molar-refractivity contribution in [2.24, 2.45) is 0 Å². The fraction of sp³-hybridized carbons (Fsp3) is 0.350. The van der Waals surface area contributed by atoms with Crippen LogP contribution in [0.15, 0.2) is 35.0 Å². The number of rotatable bonds is 9. The van der Waals surface area contributed by atoms with Crippen molar-refractivity contribution in [3.8, 4) is 0 Å². The van der Waals surface area contributed by atoms with E-state index in [0.717, 1.165) is 11.1 Å². The maximum absolute atomic E-state index is 12.3. The first kappa shape index (κ1) is 21.9. The Balaban J connectivity index is 1.79. The van der Waals surface area contributed by atoms with Crippen LogP contribution in [0.3, 0.4) is 0 Å². The zero-order valence-corrected chi connectivity index (χ0v) is 17.4. The first-order valence-electron chi connectivity index (χ1n) is 8.89. The van der Waals surface area contributed by atoms with Crippen molar-refractivity contribution in [1.29, 1.82) is 0 Å². The lowest BCUT2D eigenvalue weighted by Gasteiger charge is -2.20. The highest BCUT2D eigenvalue weighted by Gasteiger charge is 2.18. The van der Waals surface area contributed by atoms with E-state index in [1.54, 1.807) is 36.5 Å². The van der Waals surface area contributed by atoms with E-state index < -0.39 is 11.9 Å². The van der Waals surface area contributed by atoms with E-state index in [-0.39, 0.29) is 25.5 Å². The number of aryl methyl sites for hydroxylation is 2. The van der Waals surface area contributed by atoms with Crippen molar-refractivity contribution in [2.45, 2.75) is 26.7 Å². The molecule has 0 spiro atoms. The van der Waals surface area contributed by atoms with Gasteiger partial charge < -0.3 is 15.0 Å². The number of nitrogens with zero attached hydrogens (tertiary/aromatic N) is 1. The highest BCUT2D eigenvalue weighted by Crippen LogP contribution is 2.20. The normalized spacial score (nSPS) is 10.4. The molecule has 0 saturated heterocycles. The minimum atomic E-state index is -0.436. The Morgan fingerprint density at radius 2 is 2.04 bits per heavy atom. The molecule has 150 valence electrons. The molecular weight excluding hydrogens is 400 g/mol. The lowest BCUT2D eigenvalue weighted by Crippen LogP contribution is -2.40. The Labute approximate surface area is 173 Å². The molecule has 2 aromatic rings. The molecule has 0 atom stereocenters. The molecule has 6 nitrogen and oxygen atoms in total. The molecule has 8 heteroatoms. The third kappa shape index (κ3) is 6.98. The fourth-order valence-electron chi connectivity index (χ4n) is 2.46. The molecule has 1 aromatic heterocycles. The standard InChI is InChI=1S/C20H23ClN2O4S/c1-3-23(11-18(24)22-17-10-16(21)6-4-14(17)2)19(25)12-27-20(26)7-5-15-8-9-28-13-15/h4,6,8-10,13H,3,5,7,11-12H2,1-2H3,(H,22,24). The van der Waals surface area contributed by atoms with Crippen molar-refractivity contribution < 1.29 is 19.1 Å². The van der Waals surface area contributed by atoms with Gasteiger partial charge in [-0.15, -0.1) is 0 Å². The number of halogens is 1. The van der Waals surface area contributed by atoms with E-state index in [1.165, 1.54) is 4.90 Å². The second-order valence-electron chi connectivity index (χ2n) is 6.21. The van der Waals surface area contributed by atoms with Crippen LogP contribution in [-0.4, -0.2) is 42.4 Å². The van der Waals surface area contributed by atoms with Crippen LogP contribution >= 0.6 is 22.9 Å². The van der Waals surface area contributed by atoms with E-state index in [1.807, 2.05) is 23.8 Å². The van der Waals surface area contributed by atoms with Crippen molar-refractivity contribution >= 4 is 46.4 Å². The van der Waals surface area contributed by atoms with Gasteiger partial charge in [-0.25, -0.2) is 0 Å². The lowest BCUT2D eigenvalue weighted by molar-refractivity contribution is -0.152. The highest BCUT2D eigenvalue weighted by molar-refractivity contribution is 7.07. The number of anilines is 1. The Bertz CT molecular complexity index is 824. The molecule has 28 heavy (non-hydrogen) atoms. The van der Waals surface area contributed by atoms with Crippen molar-refractivity contribution in [2.75, 3.05) is 25.0 Å². The minimum Gasteiger partial charge on any atom is -0.456 e. The Morgan fingerprint density at radius 1 is 1.25 bits per heavy atom. The number of thiophene rings is 1. The average Bonchev–Trinajstić information content (AvgIpc) is 3.19. The van der Waals surface area contributed by atoms with Crippen molar-refractivity contribution in [3.05, 3.63) is 51.2 Å². The number of nitrogens with one attached hydrogen (secondary N) is 1. The topological polar surface area (TPSA) is 75.7 Å². The molecule has 0 unspecified atom stereocenters.